The van der Waals surface area contributed by atoms with E-state index in [9.17, 15) is 4.79 Å². The molecule has 3 rings (SSSR count). The van der Waals surface area contributed by atoms with Crippen LogP contribution < -0.4 is 19.5 Å². The lowest BCUT2D eigenvalue weighted by Gasteiger charge is -2.29. The molecule has 1 aliphatic rings. The van der Waals surface area contributed by atoms with Crippen LogP contribution in [0.4, 0.5) is 0 Å². The molecule has 1 saturated carbocycles. The summed E-state index contributed by atoms with van der Waals surface area (Å²) < 4.78 is 16.3. The molecule has 2 aromatic rings. The third kappa shape index (κ3) is 5.01. The average molecular weight is 392 g/mol. The topological polar surface area (TPSA) is 82.6 Å². The second kappa shape index (κ2) is 8.90. The number of nitrogens with one attached hydrogen (secondary N) is 1. The van der Waals surface area contributed by atoms with E-state index in [4.69, 9.17) is 25.8 Å². The highest BCUT2D eigenvalue weighted by Gasteiger charge is 2.25. The fraction of sp³-hybridized carbons (Fsp3) is 0.421. The summed E-state index contributed by atoms with van der Waals surface area (Å²) >= 11 is 5.77. The molecule has 7 nitrogen and oxygen atoms in total. The van der Waals surface area contributed by atoms with Crippen molar-refractivity contribution >= 4 is 17.5 Å². The first-order chi connectivity index (χ1) is 13.1. The van der Waals surface area contributed by atoms with Crippen LogP contribution >= 0.6 is 11.6 Å². The predicted molar refractivity (Wildman–Crippen MR) is 101 cm³/mol. The second-order valence-corrected chi connectivity index (χ2v) is 6.75. The van der Waals surface area contributed by atoms with Crippen LogP contribution in [-0.4, -0.2) is 42.2 Å². The number of amides is 1. The van der Waals surface area contributed by atoms with Crippen LogP contribution in [0, 0.1) is 0 Å². The minimum Gasteiger partial charge on any atom is -0.497 e. The van der Waals surface area contributed by atoms with E-state index in [1.54, 1.807) is 25.3 Å². The van der Waals surface area contributed by atoms with E-state index in [1.165, 1.54) is 19.5 Å². The van der Waals surface area contributed by atoms with Gasteiger partial charge in [0.05, 0.1) is 37.2 Å². The van der Waals surface area contributed by atoms with E-state index >= 15 is 0 Å². The third-order valence-electron chi connectivity index (χ3n) is 4.53. The molecule has 1 heterocycles. The quantitative estimate of drug-likeness (QED) is 0.813. The standard InChI is InChI=1S/C19H22ClN3O4/c1-25-15-7-8-16(17(9-15)26-2)18(24)23-13-3-5-14(6-4-13)27-19-21-10-12(20)11-22-19/h7-11,13-14H,3-6H2,1-2H3,(H,23,24). The minimum absolute atomic E-state index is 0.0369. The van der Waals surface area contributed by atoms with Gasteiger partial charge in [-0.15, -0.1) is 0 Å². The van der Waals surface area contributed by atoms with Crippen molar-refractivity contribution in [3.8, 4) is 17.5 Å². The number of carbonyl (C=O) groups is 1. The molecule has 8 heteroatoms. The lowest BCUT2D eigenvalue weighted by atomic mass is 9.92. The number of hydrogen-bond donors (Lipinski definition) is 1. The molecule has 144 valence electrons. The first-order valence-electron chi connectivity index (χ1n) is 8.76. The molecule has 27 heavy (non-hydrogen) atoms. The van der Waals surface area contributed by atoms with Crippen LogP contribution in [0.5, 0.6) is 17.5 Å². The monoisotopic (exact) mass is 391 g/mol. The van der Waals surface area contributed by atoms with Gasteiger partial charge in [-0.1, -0.05) is 11.6 Å². The molecule has 0 bridgehead atoms. The Morgan fingerprint density at radius 1 is 1.11 bits per heavy atom. The highest BCUT2D eigenvalue weighted by atomic mass is 35.5. The zero-order chi connectivity index (χ0) is 19.2. The number of rotatable bonds is 6. The van der Waals surface area contributed by atoms with Crippen LogP contribution in [0.15, 0.2) is 30.6 Å². The highest BCUT2D eigenvalue weighted by molar-refractivity contribution is 6.30. The van der Waals surface area contributed by atoms with Crippen molar-refractivity contribution < 1.29 is 19.0 Å². The molecule has 0 spiro atoms. The maximum absolute atomic E-state index is 12.6. The van der Waals surface area contributed by atoms with E-state index in [2.05, 4.69) is 15.3 Å². The number of nitrogens with zero attached hydrogens (tertiary/aromatic N) is 2. The predicted octanol–water partition coefficient (Wildman–Crippen LogP) is 3.27. The Labute approximate surface area is 163 Å². The normalized spacial score (nSPS) is 19.2. The number of benzene rings is 1. The summed E-state index contributed by atoms with van der Waals surface area (Å²) in [6, 6.07) is 5.57. The van der Waals surface area contributed by atoms with Crippen molar-refractivity contribution in [1.82, 2.24) is 15.3 Å². The van der Waals surface area contributed by atoms with E-state index < -0.39 is 0 Å². The van der Waals surface area contributed by atoms with Gasteiger partial charge >= 0.3 is 6.01 Å². The fourth-order valence-electron chi connectivity index (χ4n) is 3.08. The van der Waals surface area contributed by atoms with Gasteiger partial charge in [0, 0.05) is 12.1 Å². The van der Waals surface area contributed by atoms with E-state index in [0.717, 1.165) is 25.7 Å². The molecule has 0 aliphatic heterocycles. The van der Waals surface area contributed by atoms with Crippen LogP contribution in [0.3, 0.4) is 0 Å². The first kappa shape index (κ1) is 19.2. The Hall–Kier alpha value is -2.54. The maximum Gasteiger partial charge on any atom is 0.316 e. The van der Waals surface area contributed by atoms with Crippen molar-refractivity contribution in [2.45, 2.75) is 37.8 Å². The van der Waals surface area contributed by atoms with Crippen LogP contribution in [0.2, 0.25) is 5.02 Å². The molecule has 1 aromatic heterocycles. The Morgan fingerprint density at radius 3 is 2.44 bits per heavy atom. The zero-order valence-corrected chi connectivity index (χ0v) is 16.0. The first-order valence-corrected chi connectivity index (χ1v) is 9.14. The Balaban J connectivity index is 1.53. The molecule has 0 atom stereocenters. The van der Waals surface area contributed by atoms with Crippen molar-refractivity contribution in [2.75, 3.05) is 14.2 Å². The number of methoxy groups -OCH3 is 2. The third-order valence-corrected chi connectivity index (χ3v) is 4.73. The number of ether oxygens (including phenoxy) is 3. The molecule has 1 fully saturated rings. The van der Waals surface area contributed by atoms with Gasteiger partial charge in [0.1, 0.15) is 17.6 Å². The molecule has 1 aliphatic carbocycles. The molecule has 0 radical (unpaired) electrons. The van der Waals surface area contributed by atoms with Crippen LogP contribution in [-0.2, 0) is 0 Å². The molecule has 0 saturated heterocycles. The number of aromatic nitrogens is 2. The zero-order valence-electron chi connectivity index (χ0n) is 15.3. The van der Waals surface area contributed by atoms with Crippen LogP contribution in [0.1, 0.15) is 36.0 Å². The molecular weight excluding hydrogens is 370 g/mol. The lowest BCUT2D eigenvalue weighted by molar-refractivity contribution is 0.0882. The summed E-state index contributed by atoms with van der Waals surface area (Å²) in [7, 11) is 3.11. The Morgan fingerprint density at radius 2 is 1.81 bits per heavy atom. The lowest BCUT2D eigenvalue weighted by Crippen LogP contribution is -2.39. The van der Waals surface area contributed by atoms with Crippen molar-refractivity contribution in [3.63, 3.8) is 0 Å². The minimum atomic E-state index is -0.153. The molecular formula is C19H22ClN3O4. The van der Waals surface area contributed by atoms with Crippen LogP contribution in [0.25, 0.3) is 0 Å². The van der Waals surface area contributed by atoms with Gasteiger partial charge in [-0.3, -0.25) is 4.79 Å². The van der Waals surface area contributed by atoms with E-state index in [0.29, 0.717) is 28.1 Å². The van der Waals surface area contributed by atoms with Crippen molar-refractivity contribution in [3.05, 3.63) is 41.2 Å². The Bertz CT molecular complexity index is 777. The summed E-state index contributed by atoms with van der Waals surface area (Å²) in [4.78, 5) is 20.7. The van der Waals surface area contributed by atoms with Gasteiger partial charge in [-0.05, 0) is 37.8 Å². The second-order valence-electron chi connectivity index (χ2n) is 6.32. The largest absolute Gasteiger partial charge is 0.497 e. The van der Waals surface area contributed by atoms with Crippen molar-refractivity contribution in [1.29, 1.82) is 0 Å². The van der Waals surface area contributed by atoms with Gasteiger partial charge in [0.15, 0.2) is 0 Å². The molecule has 1 aromatic carbocycles. The van der Waals surface area contributed by atoms with Crippen molar-refractivity contribution in [2.24, 2.45) is 0 Å². The molecule has 1 N–H and O–H groups in total. The number of halogens is 1. The Kier molecular flexibility index (Phi) is 6.34. The summed E-state index contributed by atoms with van der Waals surface area (Å²) in [6.07, 6.45) is 6.34. The van der Waals surface area contributed by atoms with E-state index in [-0.39, 0.29) is 18.1 Å². The fourth-order valence-corrected chi connectivity index (χ4v) is 3.18. The highest BCUT2D eigenvalue weighted by Crippen LogP contribution is 2.26. The summed E-state index contributed by atoms with van der Waals surface area (Å²) in [5.41, 5.74) is 0.492. The number of carbonyl (C=O) groups excluding carboxylic acids is 1. The van der Waals surface area contributed by atoms with Gasteiger partial charge in [0.2, 0.25) is 0 Å². The number of hydrogen-bond acceptors (Lipinski definition) is 6. The van der Waals surface area contributed by atoms with E-state index in [1.807, 2.05) is 0 Å². The average Bonchev–Trinajstić information content (AvgIpc) is 2.70. The molecule has 1 amide bonds. The smallest absolute Gasteiger partial charge is 0.316 e. The summed E-state index contributed by atoms with van der Waals surface area (Å²) in [5.74, 6) is 0.981. The van der Waals surface area contributed by atoms with Gasteiger partial charge < -0.3 is 19.5 Å². The SMILES string of the molecule is COc1ccc(C(=O)NC2CCC(Oc3ncc(Cl)cn3)CC2)c(OC)c1. The maximum atomic E-state index is 12.6. The summed E-state index contributed by atoms with van der Waals surface area (Å²) in [5, 5.41) is 3.55. The molecule has 0 unspecified atom stereocenters. The van der Waals surface area contributed by atoms with Gasteiger partial charge in [-0.2, -0.15) is 0 Å². The van der Waals surface area contributed by atoms with Gasteiger partial charge in [0.25, 0.3) is 5.91 Å². The summed E-state index contributed by atoms with van der Waals surface area (Å²) in [6.45, 7) is 0. The van der Waals surface area contributed by atoms with Gasteiger partial charge in [-0.25, -0.2) is 9.97 Å².